The maximum Gasteiger partial charge on any atom is 0.161 e. The third-order valence-corrected chi connectivity index (χ3v) is 6.10. The van der Waals surface area contributed by atoms with Gasteiger partial charge in [0, 0.05) is 6.54 Å². The lowest BCUT2D eigenvalue weighted by Crippen LogP contribution is -2.23. The first kappa shape index (κ1) is 21.5. The van der Waals surface area contributed by atoms with Gasteiger partial charge in [0.2, 0.25) is 0 Å². The second-order valence-electron chi connectivity index (χ2n) is 8.13. The number of aryl methyl sites for hydroxylation is 1. The number of hydrogen-bond acceptors (Lipinski definition) is 4. The third-order valence-electron chi connectivity index (χ3n) is 6.10. The molecular formula is C25H35NO3. The van der Waals surface area contributed by atoms with Gasteiger partial charge in [0.05, 0.1) is 21.3 Å². The minimum Gasteiger partial charge on any atom is -0.497 e. The number of nitrogens with zero attached hydrogens (tertiary/aromatic N) is 1. The number of hydrogen-bond donors (Lipinski definition) is 0. The first-order valence-electron chi connectivity index (χ1n) is 10.7. The maximum atomic E-state index is 5.49. The van der Waals surface area contributed by atoms with Gasteiger partial charge in [-0.15, -0.1) is 0 Å². The van der Waals surface area contributed by atoms with Crippen molar-refractivity contribution in [1.82, 2.24) is 4.90 Å². The fourth-order valence-electron chi connectivity index (χ4n) is 4.31. The molecule has 0 bridgehead atoms. The van der Waals surface area contributed by atoms with Gasteiger partial charge in [-0.05, 0) is 99.0 Å². The van der Waals surface area contributed by atoms with Crippen LogP contribution in [-0.2, 0) is 19.3 Å². The maximum absolute atomic E-state index is 5.49. The van der Waals surface area contributed by atoms with Crippen molar-refractivity contribution in [2.75, 3.05) is 41.5 Å². The molecule has 0 aromatic heterocycles. The fourth-order valence-corrected chi connectivity index (χ4v) is 4.31. The Labute approximate surface area is 175 Å². The molecule has 0 aliphatic heterocycles. The molecule has 0 amide bonds. The Kier molecular flexibility index (Phi) is 7.82. The molecule has 2 aromatic carbocycles. The van der Waals surface area contributed by atoms with Crippen molar-refractivity contribution in [3.63, 3.8) is 0 Å². The van der Waals surface area contributed by atoms with Crippen LogP contribution in [0.25, 0.3) is 0 Å². The number of benzene rings is 2. The molecular weight excluding hydrogens is 362 g/mol. The summed E-state index contributed by atoms with van der Waals surface area (Å²) in [6.45, 7) is 2.23. The van der Waals surface area contributed by atoms with Crippen molar-refractivity contribution in [2.24, 2.45) is 5.92 Å². The van der Waals surface area contributed by atoms with Gasteiger partial charge in [-0.25, -0.2) is 0 Å². The SMILES string of the molecule is COc1cccc(CCN(C)CCCC2CCc3cc(OC)c(OC)cc3C2)c1. The molecule has 0 radical (unpaired) electrons. The zero-order chi connectivity index (χ0) is 20.6. The van der Waals surface area contributed by atoms with E-state index in [1.807, 2.05) is 6.07 Å². The molecule has 0 heterocycles. The summed E-state index contributed by atoms with van der Waals surface area (Å²) >= 11 is 0. The van der Waals surface area contributed by atoms with Crippen LogP contribution >= 0.6 is 0 Å². The highest BCUT2D eigenvalue weighted by molar-refractivity contribution is 5.48. The van der Waals surface area contributed by atoms with E-state index in [1.165, 1.54) is 36.0 Å². The molecule has 1 unspecified atom stereocenters. The van der Waals surface area contributed by atoms with Gasteiger partial charge in [0.1, 0.15) is 5.75 Å². The molecule has 0 saturated carbocycles. The smallest absolute Gasteiger partial charge is 0.161 e. The number of likely N-dealkylation sites (N-methyl/N-ethyl adjacent to an activating group) is 1. The zero-order valence-electron chi connectivity index (χ0n) is 18.4. The Morgan fingerprint density at radius 3 is 2.41 bits per heavy atom. The summed E-state index contributed by atoms with van der Waals surface area (Å²) in [7, 11) is 7.38. The van der Waals surface area contributed by atoms with Crippen molar-refractivity contribution in [3.05, 3.63) is 53.1 Å². The number of rotatable bonds is 10. The van der Waals surface area contributed by atoms with E-state index < -0.39 is 0 Å². The normalized spacial score (nSPS) is 15.8. The van der Waals surface area contributed by atoms with Gasteiger partial charge in [-0.2, -0.15) is 0 Å². The number of fused-ring (bicyclic) bond motifs is 1. The molecule has 0 fully saturated rings. The fraction of sp³-hybridized carbons (Fsp3) is 0.520. The average molecular weight is 398 g/mol. The molecule has 0 spiro atoms. The van der Waals surface area contributed by atoms with E-state index in [0.717, 1.165) is 55.5 Å². The highest BCUT2D eigenvalue weighted by atomic mass is 16.5. The molecule has 2 aromatic rings. The minimum absolute atomic E-state index is 0.771. The first-order chi connectivity index (χ1) is 14.1. The Hall–Kier alpha value is -2.20. The van der Waals surface area contributed by atoms with Crippen LogP contribution < -0.4 is 14.2 Å². The molecule has 1 aliphatic rings. The Balaban J connectivity index is 1.43. The lowest BCUT2D eigenvalue weighted by atomic mass is 9.81. The minimum atomic E-state index is 0.771. The third kappa shape index (κ3) is 5.89. The van der Waals surface area contributed by atoms with Crippen molar-refractivity contribution >= 4 is 0 Å². The van der Waals surface area contributed by atoms with Gasteiger partial charge in [-0.1, -0.05) is 12.1 Å². The topological polar surface area (TPSA) is 30.9 Å². The first-order valence-corrected chi connectivity index (χ1v) is 10.7. The van der Waals surface area contributed by atoms with Crippen LogP contribution in [0.5, 0.6) is 17.2 Å². The van der Waals surface area contributed by atoms with Crippen LogP contribution in [0, 0.1) is 5.92 Å². The summed E-state index contributed by atoms with van der Waals surface area (Å²) in [6, 6.07) is 12.7. The van der Waals surface area contributed by atoms with Gasteiger partial charge in [0.15, 0.2) is 11.5 Å². The lowest BCUT2D eigenvalue weighted by molar-refractivity contribution is 0.307. The highest BCUT2D eigenvalue weighted by Gasteiger charge is 2.21. The van der Waals surface area contributed by atoms with Crippen molar-refractivity contribution in [2.45, 2.75) is 38.5 Å². The average Bonchev–Trinajstić information content (AvgIpc) is 2.76. The second kappa shape index (κ2) is 10.5. The van der Waals surface area contributed by atoms with Crippen molar-refractivity contribution in [3.8, 4) is 17.2 Å². The quantitative estimate of drug-likeness (QED) is 0.578. The number of methoxy groups -OCH3 is 3. The molecule has 158 valence electrons. The van der Waals surface area contributed by atoms with E-state index in [2.05, 4.69) is 42.3 Å². The molecule has 4 heteroatoms. The largest absolute Gasteiger partial charge is 0.497 e. The van der Waals surface area contributed by atoms with Crippen molar-refractivity contribution in [1.29, 1.82) is 0 Å². The van der Waals surface area contributed by atoms with Crippen molar-refractivity contribution < 1.29 is 14.2 Å². The lowest BCUT2D eigenvalue weighted by Gasteiger charge is -2.26. The van der Waals surface area contributed by atoms with E-state index in [1.54, 1.807) is 21.3 Å². The van der Waals surface area contributed by atoms with Gasteiger partial charge < -0.3 is 19.1 Å². The molecule has 0 N–H and O–H groups in total. The summed E-state index contributed by atoms with van der Waals surface area (Å²) in [4.78, 5) is 2.45. The van der Waals surface area contributed by atoms with E-state index in [-0.39, 0.29) is 0 Å². The van der Waals surface area contributed by atoms with E-state index in [4.69, 9.17) is 14.2 Å². The van der Waals surface area contributed by atoms with Crippen LogP contribution in [0.15, 0.2) is 36.4 Å². The molecule has 29 heavy (non-hydrogen) atoms. The van der Waals surface area contributed by atoms with Crippen LogP contribution in [0.3, 0.4) is 0 Å². The summed E-state index contributed by atoms with van der Waals surface area (Å²) in [5, 5.41) is 0. The van der Waals surface area contributed by atoms with E-state index >= 15 is 0 Å². The predicted molar refractivity (Wildman–Crippen MR) is 118 cm³/mol. The Morgan fingerprint density at radius 2 is 1.69 bits per heavy atom. The van der Waals surface area contributed by atoms with Gasteiger partial charge in [0.25, 0.3) is 0 Å². The van der Waals surface area contributed by atoms with Crippen LogP contribution in [-0.4, -0.2) is 46.4 Å². The van der Waals surface area contributed by atoms with E-state index in [0.29, 0.717) is 0 Å². The zero-order valence-corrected chi connectivity index (χ0v) is 18.4. The Morgan fingerprint density at radius 1 is 0.931 bits per heavy atom. The molecule has 4 nitrogen and oxygen atoms in total. The predicted octanol–water partition coefficient (Wildman–Crippen LogP) is 4.77. The van der Waals surface area contributed by atoms with Crippen LogP contribution in [0.1, 0.15) is 36.0 Å². The van der Waals surface area contributed by atoms with Crippen LogP contribution in [0.2, 0.25) is 0 Å². The Bertz CT molecular complexity index is 790. The molecule has 1 aliphatic carbocycles. The van der Waals surface area contributed by atoms with Gasteiger partial charge >= 0.3 is 0 Å². The summed E-state index contributed by atoms with van der Waals surface area (Å²) < 4.78 is 16.3. The number of ether oxygens (including phenoxy) is 3. The highest BCUT2D eigenvalue weighted by Crippen LogP contribution is 2.36. The van der Waals surface area contributed by atoms with Gasteiger partial charge in [-0.3, -0.25) is 0 Å². The molecule has 1 atom stereocenters. The monoisotopic (exact) mass is 397 g/mol. The second-order valence-corrected chi connectivity index (χ2v) is 8.13. The summed E-state index contributed by atoms with van der Waals surface area (Å²) in [5.41, 5.74) is 4.20. The molecule has 3 rings (SSSR count). The summed E-state index contributed by atoms with van der Waals surface area (Å²) in [5.74, 6) is 3.41. The molecule has 0 saturated heterocycles. The van der Waals surface area contributed by atoms with E-state index in [9.17, 15) is 0 Å². The standard InChI is InChI=1S/C25H35NO3/c1-26(14-12-20-7-5-9-23(16-20)27-2)13-6-8-19-10-11-21-17-24(28-3)25(29-4)18-22(21)15-19/h5,7,9,16-19H,6,8,10-15H2,1-4H3. The summed E-state index contributed by atoms with van der Waals surface area (Å²) in [6.07, 6.45) is 7.18. The van der Waals surface area contributed by atoms with Crippen LogP contribution in [0.4, 0.5) is 0 Å².